The number of nitrogens with zero attached hydrogens (tertiary/aromatic N) is 5. The molecule has 0 amide bonds. The van der Waals surface area contributed by atoms with Crippen LogP contribution in [-0.2, 0) is 17.6 Å². The number of rotatable bonds is 6. The molecule has 1 saturated heterocycles. The van der Waals surface area contributed by atoms with Gasteiger partial charge in [-0.05, 0) is 38.3 Å². The highest BCUT2D eigenvalue weighted by Gasteiger charge is 2.37. The van der Waals surface area contributed by atoms with Gasteiger partial charge in [-0.15, -0.1) is 16.3 Å². The summed E-state index contributed by atoms with van der Waals surface area (Å²) in [4.78, 5) is 11.4. The Morgan fingerprint density at radius 2 is 2.22 bits per heavy atom. The van der Waals surface area contributed by atoms with Crippen LogP contribution >= 0.6 is 11.3 Å². The quantitative estimate of drug-likeness (QED) is 0.289. The molecule has 2 unspecified atom stereocenters. The van der Waals surface area contributed by atoms with Gasteiger partial charge in [-0.2, -0.15) is 5.10 Å². The summed E-state index contributed by atoms with van der Waals surface area (Å²) in [6.07, 6.45) is 6.68. The van der Waals surface area contributed by atoms with Crippen molar-refractivity contribution in [3.63, 3.8) is 0 Å². The Balaban J connectivity index is 1.33. The number of ether oxygens (including phenoxy) is 2. The molecule has 4 heterocycles. The molecule has 10 nitrogen and oxygen atoms in total. The van der Waals surface area contributed by atoms with Gasteiger partial charge in [0.25, 0.3) is 0 Å². The van der Waals surface area contributed by atoms with E-state index in [2.05, 4.69) is 25.5 Å². The van der Waals surface area contributed by atoms with E-state index in [9.17, 15) is 5.21 Å². The number of hydrogen-bond donors (Lipinski definition) is 2. The zero-order valence-corrected chi connectivity index (χ0v) is 21.6. The molecule has 3 aromatic heterocycles. The third-order valence-corrected chi connectivity index (χ3v) is 8.32. The van der Waals surface area contributed by atoms with Crippen molar-refractivity contribution in [1.82, 2.24) is 25.2 Å². The van der Waals surface area contributed by atoms with Crippen molar-refractivity contribution in [3.05, 3.63) is 40.3 Å². The van der Waals surface area contributed by atoms with Gasteiger partial charge in [0.2, 0.25) is 0 Å². The van der Waals surface area contributed by atoms with E-state index >= 15 is 0 Å². The number of hydrogen-bond acceptors (Lipinski definition) is 9. The van der Waals surface area contributed by atoms with E-state index in [0.717, 1.165) is 77.2 Å². The number of nitrogens with one attached hydrogen (secondary N) is 2. The van der Waals surface area contributed by atoms with Crippen LogP contribution < -0.4 is 10.1 Å². The third-order valence-electron chi connectivity index (χ3n) is 7.16. The number of benzene rings is 1. The fourth-order valence-electron chi connectivity index (χ4n) is 5.27. The standard InChI is InChI=1S/C25H31N7O3S/c1-15(2)35-21-11-19-16(12-28-30-19)9-20(21)29-24-23-18-6-5-17(10-22(18)36-25(23)27-13-26-24)32(3,33)31-7-4-8-34-14-31/h9,11-13,15,17H,4-8,10,14H2,1-3H3,(H,28,30)(H,26,27,29). The normalized spacial score (nSPS) is 20.5. The molecule has 0 saturated carbocycles. The molecule has 1 aliphatic carbocycles. The summed E-state index contributed by atoms with van der Waals surface area (Å²) in [6, 6.07) is 3.96. The van der Waals surface area contributed by atoms with Crippen LogP contribution in [0, 0.1) is 5.21 Å². The SMILES string of the molecule is CC(C)Oc1cc2[nH]ncc2cc1Nc1ncnc2sc3c(c12)CCC([N+](C)([O-])N1CCCOC1)C3. The molecule has 1 aliphatic heterocycles. The van der Waals surface area contributed by atoms with E-state index in [1.807, 2.05) is 31.0 Å². The molecular formula is C25H31N7O3S. The third kappa shape index (κ3) is 4.20. The zero-order valence-electron chi connectivity index (χ0n) is 20.8. The van der Waals surface area contributed by atoms with Gasteiger partial charge in [-0.1, -0.05) is 0 Å². The molecule has 11 heteroatoms. The van der Waals surface area contributed by atoms with Crippen LogP contribution in [0.1, 0.15) is 37.1 Å². The largest absolute Gasteiger partial charge is 0.611 e. The number of H-pyrrole nitrogens is 1. The van der Waals surface area contributed by atoms with Crippen molar-refractivity contribution < 1.29 is 14.2 Å². The van der Waals surface area contributed by atoms with Crippen LogP contribution in [0.25, 0.3) is 21.1 Å². The highest BCUT2D eigenvalue weighted by molar-refractivity contribution is 7.19. The second-order valence-electron chi connectivity index (χ2n) is 9.96. The summed E-state index contributed by atoms with van der Waals surface area (Å²) in [5.74, 6) is 1.50. The van der Waals surface area contributed by atoms with Crippen molar-refractivity contribution in [2.75, 3.05) is 32.2 Å². The van der Waals surface area contributed by atoms with E-state index in [4.69, 9.17) is 9.47 Å². The molecule has 36 heavy (non-hydrogen) atoms. The van der Waals surface area contributed by atoms with Crippen molar-refractivity contribution in [2.45, 2.75) is 51.7 Å². The number of aryl methyl sites for hydroxylation is 1. The predicted molar refractivity (Wildman–Crippen MR) is 140 cm³/mol. The lowest BCUT2D eigenvalue weighted by Crippen LogP contribution is -2.62. The number of thiophene rings is 1. The van der Waals surface area contributed by atoms with Gasteiger partial charge < -0.3 is 20.0 Å². The molecule has 2 aliphatic rings. The van der Waals surface area contributed by atoms with Gasteiger partial charge in [0.15, 0.2) is 0 Å². The number of fused-ring (bicyclic) bond motifs is 4. The fourth-order valence-corrected chi connectivity index (χ4v) is 6.53. The monoisotopic (exact) mass is 509 g/mol. The first kappa shape index (κ1) is 23.6. The van der Waals surface area contributed by atoms with E-state index in [-0.39, 0.29) is 16.9 Å². The molecular weight excluding hydrogens is 478 g/mol. The molecule has 0 radical (unpaired) electrons. The highest BCUT2D eigenvalue weighted by atomic mass is 32.1. The summed E-state index contributed by atoms with van der Waals surface area (Å²) >= 11 is 1.67. The van der Waals surface area contributed by atoms with Crippen LogP contribution in [0.2, 0.25) is 0 Å². The molecule has 2 atom stereocenters. The lowest BCUT2D eigenvalue weighted by Gasteiger charge is -2.52. The Hall–Kier alpha value is -2.83. The van der Waals surface area contributed by atoms with Crippen molar-refractivity contribution >= 4 is 44.0 Å². The molecule has 4 aromatic rings. The van der Waals surface area contributed by atoms with Gasteiger partial charge >= 0.3 is 0 Å². The van der Waals surface area contributed by atoms with Crippen LogP contribution in [0.3, 0.4) is 0 Å². The number of hydroxylamine groups is 2. The van der Waals surface area contributed by atoms with Crippen molar-refractivity contribution in [2.24, 2.45) is 0 Å². The van der Waals surface area contributed by atoms with E-state index in [1.54, 1.807) is 30.9 Å². The molecule has 2 N–H and O–H groups in total. The Labute approximate surface area is 213 Å². The Morgan fingerprint density at radius 1 is 1.33 bits per heavy atom. The van der Waals surface area contributed by atoms with Gasteiger partial charge in [-0.25, -0.2) is 9.97 Å². The molecule has 0 bridgehead atoms. The summed E-state index contributed by atoms with van der Waals surface area (Å²) in [5, 5.41) is 28.3. The summed E-state index contributed by atoms with van der Waals surface area (Å²) in [6.45, 7) is 5.92. The summed E-state index contributed by atoms with van der Waals surface area (Å²) in [5.41, 5.74) is 3.00. The van der Waals surface area contributed by atoms with E-state index in [1.165, 1.54) is 10.4 Å². The second kappa shape index (κ2) is 9.24. The van der Waals surface area contributed by atoms with Crippen LogP contribution in [0.15, 0.2) is 24.7 Å². The Morgan fingerprint density at radius 3 is 3.03 bits per heavy atom. The van der Waals surface area contributed by atoms with Gasteiger partial charge in [-0.3, -0.25) is 9.85 Å². The topological polar surface area (TPSA) is 111 Å². The molecule has 0 spiro atoms. The first-order valence-corrected chi connectivity index (χ1v) is 13.3. The number of aromatic nitrogens is 4. The summed E-state index contributed by atoms with van der Waals surface area (Å²) < 4.78 is 11.3. The predicted octanol–water partition coefficient (Wildman–Crippen LogP) is 4.49. The van der Waals surface area contributed by atoms with Crippen LogP contribution in [0.5, 0.6) is 5.75 Å². The van der Waals surface area contributed by atoms with E-state index in [0.29, 0.717) is 6.73 Å². The summed E-state index contributed by atoms with van der Waals surface area (Å²) in [7, 11) is 1.77. The minimum absolute atomic E-state index is 0.0204. The smallest absolute Gasteiger partial charge is 0.145 e. The Kier molecular flexibility index (Phi) is 6.05. The number of quaternary nitrogens is 1. The zero-order chi connectivity index (χ0) is 24.9. The average Bonchev–Trinajstić information content (AvgIpc) is 3.48. The van der Waals surface area contributed by atoms with Gasteiger partial charge in [0, 0.05) is 29.2 Å². The maximum atomic E-state index is 13.7. The minimum atomic E-state index is -0.384. The number of aromatic amines is 1. The maximum absolute atomic E-state index is 13.7. The molecule has 1 fully saturated rings. The second-order valence-corrected chi connectivity index (χ2v) is 11.0. The number of likely N-dealkylation sites (N-methyl/N-ethyl adjacent to an activating group) is 1. The minimum Gasteiger partial charge on any atom is -0.611 e. The van der Waals surface area contributed by atoms with Gasteiger partial charge in [0.1, 0.15) is 35.5 Å². The number of anilines is 2. The molecule has 190 valence electrons. The molecule has 1 aromatic carbocycles. The lowest BCUT2D eigenvalue weighted by molar-refractivity contribution is -1.00. The van der Waals surface area contributed by atoms with Crippen molar-refractivity contribution in [3.8, 4) is 5.75 Å². The van der Waals surface area contributed by atoms with Crippen molar-refractivity contribution in [1.29, 1.82) is 0 Å². The fraction of sp³-hybridized carbons (Fsp3) is 0.480. The van der Waals surface area contributed by atoms with Gasteiger partial charge in [0.05, 0.1) is 49.1 Å². The highest BCUT2D eigenvalue weighted by Crippen LogP contribution is 2.42. The maximum Gasteiger partial charge on any atom is 0.145 e. The lowest BCUT2D eigenvalue weighted by atomic mass is 9.92. The molecule has 6 rings (SSSR count). The Bertz CT molecular complexity index is 1390. The van der Waals surface area contributed by atoms with Crippen LogP contribution in [-0.4, -0.2) is 69.0 Å². The van der Waals surface area contributed by atoms with Crippen LogP contribution in [0.4, 0.5) is 11.5 Å². The first-order chi connectivity index (χ1) is 17.4. The average molecular weight is 510 g/mol. The van der Waals surface area contributed by atoms with E-state index < -0.39 is 0 Å². The first-order valence-electron chi connectivity index (χ1n) is 12.5.